The van der Waals surface area contributed by atoms with Gasteiger partial charge in [-0.2, -0.15) is 5.26 Å². The van der Waals surface area contributed by atoms with Crippen molar-refractivity contribution in [2.45, 2.75) is 19.1 Å². The molecule has 1 atom stereocenters. The number of aliphatic hydroxyl groups excluding tert-OH is 1. The Balaban J connectivity index is 1.18. The van der Waals surface area contributed by atoms with Gasteiger partial charge in [0.15, 0.2) is 0 Å². The third-order valence-electron chi connectivity index (χ3n) is 5.52. The number of hydrogen-bond donors (Lipinski definition) is 1. The molecule has 6 heteroatoms. The highest BCUT2D eigenvalue weighted by atomic mass is 16.5. The van der Waals surface area contributed by atoms with E-state index in [0.29, 0.717) is 17.9 Å². The number of nitriles is 1. The predicted octanol–water partition coefficient (Wildman–Crippen LogP) is 2.05. The van der Waals surface area contributed by atoms with Crippen LogP contribution in [0.5, 0.6) is 11.5 Å². The van der Waals surface area contributed by atoms with E-state index < -0.39 is 6.10 Å². The fourth-order valence-electron chi connectivity index (χ4n) is 3.90. The Labute approximate surface area is 171 Å². The maximum Gasteiger partial charge on any atom is 0.122 e. The number of nitrogens with zero attached hydrogens (tertiary/aromatic N) is 3. The molecule has 0 aliphatic carbocycles. The van der Waals surface area contributed by atoms with Gasteiger partial charge in [0.05, 0.1) is 18.2 Å². The Morgan fingerprint density at radius 3 is 2.59 bits per heavy atom. The van der Waals surface area contributed by atoms with E-state index in [2.05, 4.69) is 34.1 Å². The average molecular weight is 393 g/mol. The molecule has 1 fully saturated rings. The van der Waals surface area contributed by atoms with Crippen molar-refractivity contribution in [1.82, 2.24) is 9.80 Å². The van der Waals surface area contributed by atoms with E-state index in [1.165, 1.54) is 11.1 Å². The zero-order valence-electron chi connectivity index (χ0n) is 16.6. The van der Waals surface area contributed by atoms with E-state index in [-0.39, 0.29) is 6.61 Å². The molecule has 2 aliphatic heterocycles. The van der Waals surface area contributed by atoms with E-state index in [1.54, 1.807) is 24.3 Å². The molecule has 29 heavy (non-hydrogen) atoms. The number of rotatable bonds is 7. The van der Waals surface area contributed by atoms with Crippen LogP contribution in [0.3, 0.4) is 0 Å². The Morgan fingerprint density at radius 1 is 1.07 bits per heavy atom. The van der Waals surface area contributed by atoms with Crippen LogP contribution in [-0.4, -0.2) is 66.9 Å². The zero-order chi connectivity index (χ0) is 20.1. The van der Waals surface area contributed by atoms with Gasteiger partial charge < -0.3 is 14.6 Å². The fraction of sp³-hybridized carbons (Fsp3) is 0.435. The van der Waals surface area contributed by atoms with Crippen LogP contribution >= 0.6 is 0 Å². The van der Waals surface area contributed by atoms with E-state index in [0.717, 1.165) is 51.5 Å². The summed E-state index contributed by atoms with van der Waals surface area (Å²) < 4.78 is 11.2. The van der Waals surface area contributed by atoms with Crippen molar-refractivity contribution in [2.24, 2.45) is 0 Å². The summed E-state index contributed by atoms with van der Waals surface area (Å²) in [5.41, 5.74) is 3.27. The van der Waals surface area contributed by atoms with Crippen LogP contribution < -0.4 is 9.47 Å². The minimum absolute atomic E-state index is 0.253. The smallest absolute Gasteiger partial charge is 0.122 e. The Morgan fingerprint density at radius 2 is 1.83 bits per heavy atom. The average Bonchev–Trinajstić information content (AvgIpc) is 3.22. The summed E-state index contributed by atoms with van der Waals surface area (Å²) in [6.07, 6.45) is 0.480. The first kappa shape index (κ1) is 19.7. The SMILES string of the molecule is N#Cc1ccc(OC[C@@H](O)CN2CCN(Cc3ccc4c(c3)CCO4)CC2)cc1. The van der Waals surface area contributed by atoms with Crippen molar-refractivity contribution in [3.05, 3.63) is 59.2 Å². The van der Waals surface area contributed by atoms with Crippen LogP contribution in [0.4, 0.5) is 0 Å². The lowest BCUT2D eigenvalue weighted by Crippen LogP contribution is -2.48. The van der Waals surface area contributed by atoms with Crippen LogP contribution in [0.1, 0.15) is 16.7 Å². The lowest BCUT2D eigenvalue weighted by Gasteiger charge is -2.35. The number of ether oxygens (including phenoxy) is 2. The van der Waals surface area contributed by atoms with Gasteiger partial charge in [-0.3, -0.25) is 9.80 Å². The second kappa shape index (κ2) is 9.27. The number of benzene rings is 2. The van der Waals surface area contributed by atoms with E-state index in [9.17, 15) is 5.11 Å². The molecule has 1 N–H and O–H groups in total. The lowest BCUT2D eigenvalue weighted by molar-refractivity contribution is 0.0446. The minimum atomic E-state index is -0.533. The van der Waals surface area contributed by atoms with Crippen LogP contribution in [0.2, 0.25) is 0 Å². The van der Waals surface area contributed by atoms with Crippen molar-refractivity contribution in [2.75, 3.05) is 45.9 Å². The van der Waals surface area contributed by atoms with Crippen LogP contribution in [0, 0.1) is 11.3 Å². The molecule has 2 aromatic carbocycles. The molecule has 0 aromatic heterocycles. The maximum absolute atomic E-state index is 10.3. The van der Waals surface area contributed by atoms with Crippen LogP contribution in [0.15, 0.2) is 42.5 Å². The van der Waals surface area contributed by atoms with Gasteiger partial charge in [0, 0.05) is 45.7 Å². The number of hydrogen-bond acceptors (Lipinski definition) is 6. The Hall–Kier alpha value is -2.59. The minimum Gasteiger partial charge on any atom is -0.493 e. The van der Waals surface area contributed by atoms with Crippen molar-refractivity contribution in [1.29, 1.82) is 5.26 Å². The molecule has 152 valence electrons. The Bertz CT molecular complexity index is 855. The summed E-state index contributed by atoms with van der Waals surface area (Å²) in [6, 6.07) is 15.6. The molecule has 0 radical (unpaired) electrons. The van der Waals surface area contributed by atoms with Gasteiger partial charge in [0.25, 0.3) is 0 Å². The summed E-state index contributed by atoms with van der Waals surface area (Å²) in [4.78, 5) is 4.76. The number of fused-ring (bicyclic) bond motifs is 1. The second-order valence-corrected chi connectivity index (χ2v) is 7.72. The summed E-state index contributed by atoms with van der Waals surface area (Å²) in [5.74, 6) is 1.71. The highest BCUT2D eigenvalue weighted by Gasteiger charge is 2.20. The van der Waals surface area contributed by atoms with Gasteiger partial charge in [-0.15, -0.1) is 0 Å². The molecular weight excluding hydrogens is 366 g/mol. The first-order valence-corrected chi connectivity index (χ1v) is 10.2. The summed E-state index contributed by atoms with van der Waals surface area (Å²) in [5, 5.41) is 19.1. The Kier molecular flexibility index (Phi) is 6.30. The maximum atomic E-state index is 10.3. The van der Waals surface area contributed by atoms with Crippen molar-refractivity contribution in [3.8, 4) is 17.6 Å². The number of aliphatic hydroxyl groups is 1. The van der Waals surface area contributed by atoms with Gasteiger partial charge in [-0.25, -0.2) is 0 Å². The number of piperazine rings is 1. The number of β-amino-alcohol motifs (C(OH)–C–C–N with tert-alkyl or cyclic N) is 1. The highest BCUT2D eigenvalue weighted by molar-refractivity contribution is 5.39. The molecule has 0 spiro atoms. The molecule has 0 saturated carbocycles. The molecular formula is C23H27N3O3. The molecule has 1 saturated heterocycles. The first-order valence-electron chi connectivity index (χ1n) is 10.2. The van der Waals surface area contributed by atoms with Crippen molar-refractivity contribution < 1.29 is 14.6 Å². The predicted molar refractivity (Wildman–Crippen MR) is 110 cm³/mol. The van der Waals surface area contributed by atoms with E-state index >= 15 is 0 Å². The topological polar surface area (TPSA) is 69.0 Å². The van der Waals surface area contributed by atoms with Gasteiger partial charge >= 0.3 is 0 Å². The fourth-order valence-corrected chi connectivity index (χ4v) is 3.90. The molecule has 2 aliphatic rings. The highest BCUT2D eigenvalue weighted by Crippen LogP contribution is 2.26. The van der Waals surface area contributed by atoms with Crippen molar-refractivity contribution >= 4 is 0 Å². The summed E-state index contributed by atoms with van der Waals surface area (Å²) in [6.45, 7) is 6.52. The van der Waals surface area contributed by atoms with Gasteiger partial charge in [0.1, 0.15) is 24.2 Å². The van der Waals surface area contributed by atoms with Gasteiger partial charge in [0.2, 0.25) is 0 Å². The van der Waals surface area contributed by atoms with Gasteiger partial charge in [-0.05, 0) is 41.5 Å². The monoisotopic (exact) mass is 393 g/mol. The quantitative estimate of drug-likeness (QED) is 0.777. The molecule has 0 unspecified atom stereocenters. The van der Waals surface area contributed by atoms with Gasteiger partial charge in [-0.1, -0.05) is 12.1 Å². The first-order chi connectivity index (χ1) is 14.2. The normalized spacial score (nSPS) is 17.9. The second-order valence-electron chi connectivity index (χ2n) is 7.72. The molecule has 2 aromatic rings. The summed E-state index contributed by atoms with van der Waals surface area (Å²) in [7, 11) is 0. The zero-order valence-corrected chi connectivity index (χ0v) is 16.6. The molecule has 4 rings (SSSR count). The third kappa shape index (κ3) is 5.27. The largest absolute Gasteiger partial charge is 0.493 e. The lowest BCUT2D eigenvalue weighted by atomic mass is 10.1. The van der Waals surface area contributed by atoms with Crippen molar-refractivity contribution in [3.63, 3.8) is 0 Å². The van der Waals surface area contributed by atoms with E-state index in [4.69, 9.17) is 14.7 Å². The molecule has 6 nitrogen and oxygen atoms in total. The van der Waals surface area contributed by atoms with Crippen LogP contribution in [-0.2, 0) is 13.0 Å². The molecule has 2 heterocycles. The standard InChI is InChI=1S/C23H27N3O3/c24-14-18-1-4-22(5-2-18)29-17-21(27)16-26-10-8-25(9-11-26)15-19-3-6-23-20(13-19)7-12-28-23/h1-6,13,21,27H,7-12,15-17H2/t21-/m0/s1. The van der Waals surface area contributed by atoms with E-state index in [1.807, 2.05) is 0 Å². The van der Waals surface area contributed by atoms with Crippen LogP contribution in [0.25, 0.3) is 0 Å². The third-order valence-corrected chi connectivity index (χ3v) is 5.52. The molecule has 0 bridgehead atoms. The molecule has 0 amide bonds. The summed E-state index contributed by atoms with van der Waals surface area (Å²) >= 11 is 0.